The molecule has 0 aromatic rings. The van der Waals surface area contributed by atoms with Gasteiger partial charge in [-0.15, -0.1) is 0 Å². The first-order valence-corrected chi connectivity index (χ1v) is 2.43. The van der Waals surface area contributed by atoms with Crippen LogP contribution in [0.3, 0.4) is 0 Å². The topological polar surface area (TPSA) is 210 Å². The SMILES string of the molecule is CC(=O)OC(=O)OC(C)=O.N.N.N.N. The minimum atomic E-state index is -1.29. The normalized spacial score (nSPS) is 5.86. The van der Waals surface area contributed by atoms with Crippen LogP contribution in [0.4, 0.5) is 4.79 Å². The molecule has 0 aliphatic carbocycles. The summed E-state index contributed by atoms with van der Waals surface area (Å²) in [6, 6.07) is 0. The third-order valence-corrected chi connectivity index (χ3v) is 0.454. The fourth-order valence-corrected chi connectivity index (χ4v) is 0.256. The lowest BCUT2D eigenvalue weighted by molar-refractivity contribution is -0.143. The van der Waals surface area contributed by atoms with Gasteiger partial charge in [-0.1, -0.05) is 0 Å². The van der Waals surface area contributed by atoms with Crippen molar-refractivity contribution in [2.45, 2.75) is 13.8 Å². The van der Waals surface area contributed by atoms with Gasteiger partial charge in [0.05, 0.1) is 0 Å². The van der Waals surface area contributed by atoms with E-state index in [4.69, 9.17) is 0 Å². The third kappa shape index (κ3) is 22.4. The van der Waals surface area contributed by atoms with Crippen molar-refractivity contribution >= 4 is 18.1 Å². The summed E-state index contributed by atoms with van der Waals surface area (Å²) in [5.41, 5.74) is 0. The first-order chi connectivity index (χ1) is 4.52. The molecule has 0 spiro atoms. The summed E-state index contributed by atoms with van der Waals surface area (Å²) in [5, 5.41) is 0. The summed E-state index contributed by atoms with van der Waals surface area (Å²) in [6.07, 6.45) is -1.29. The molecule has 88 valence electrons. The monoisotopic (exact) mass is 214 g/mol. The molecule has 9 nitrogen and oxygen atoms in total. The molecule has 0 aliphatic heterocycles. The summed E-state index contributed by atoms with van der Waals surface area (Å²) in [5.74, 6) is -1.63. The zero-order valence-corrected chi connectivity index (χ0v) is 8.37. The number of ether oxygens (including phenoxy) is 2. The van der Waals surface area contributed by atoms with Gasteiger partial charge in [-0.25, -0.2) is 4.79 Å². The van der Waals surface area contributed by atoms with Crippen LogP contribution in [0.25, 0.3) is 0 Å². The van der Waals surface area contributed by atoms with Gasteiger partial charge in [0.2, 0.25) is 0 Å². The molecule has 0 aromatic heterocycles. The molecular weight excluding hydrogens is 196 g/mol. The maximum Gasteiger partial charge on any atom is 0.524 e. The summed E-state index contributed by atoms with van der Waals surface area (Å²) in [6.45, 7) is 2.06. The minimum Gasteiger partial charge on any atom is -0.361 e. The zero-order valence-electron chi connectivity index (χ0n) is 8.37. The van der Waals surface area contributed by atoms with Crippen LogP contribution in [0.1, 0.15) is 13.8 Å². The van der Waals surface area contributed by atoms with Crippen molar-refractivity contribution in [3.63, 3.8) is 0 Å². The Morgan fingerprint density at radius 3 is 1.07 bits per heavy atom. The van der Waals surface area contributed by atoms with Crippen molar-refractivity contribution < 1.29 is 23.9 Å². The van der Waals surface area contributed by atoms with Gasteiger partial charge in [-0.05, 0) is 0 Å². The van der Waals surface area contributed by atoms with Gasteiger partial charge in [0.15, 0.2) is 0 Å². The van der Waals surface area contributed by atoms with E-state index in [2.05, 4.69) is 9.47 Å². The van der Waals surface area contributed by atoms with Crippen LogP contribution < -0.4 is 24.6 Å². The fourth-order valence-electron chi connectivity index (χ4n) is 0.256. The highest BCUT2D eigenvalue weighted by Crippen LogP contribution is 1.85. The van der Waals surface area contributed by atoms with Gasteiger partial charge in [0.1, 0.15) is 0 Å². The number of hydrogen-bond donors (Lipinski definition) is 4. The Morgan fingerprint density at radius 1 is 0.714 bits per heavy atom. The lowest BCUT2D eigenvalue weighted by Gasteiger charge is -1.95. The highest BCUT2D eigenvalue weighted by molar-refractivity contribution is 5.86. The van der Waals surface area contributed by atoms with E-state index < -0.39 is 18.1 Å². The Hall–Kier alpha value is -1.55. The maximum absolute atomic E-state index is 10.2. The Kier molecular flexibility index (Phi) is 29.4. The smallest absolute Gasteiger partial charge is 0.361 e. The first-order valence-electron chi connectivity index (χ1n) is 2.43. The summed E-state index contributed by atoms with van der Waals surface area (Å²) < 4.78 is 7.68. The molecule has 12 N–H and O–H groups in total. The molecule has 0 bridgehead atoms. The highest BCUT2D eigenvalue weighted by Gasteiger charge is 2.08. The van der Waals surface area contributed by atoms with E-state index in [1.807, 2.05) is 0 Å². The van der Waals surface area contributed by atoms with Gasteiger partial charge in [0, 0.05) is 13.8 Å². The lowest BCUT2D eigenvalue weighted by atomic mass is 10.8. The molecule has 0 fully saturated rings. The Bertz CT molecular complexity index is 165. The van der Waals surface area contributed by atoms with Gasteiger partial charge in [-0.3, -0.25) is 9.59 Å². The van der Waals surface area contributed by atoms with E-state index in [1.165, 1.54) is 0 Å². The number of carbonyl (C=O) groups is 3. The molecule has 9 heteroatoms. The van der Waals surface area contributed by atoms with Crippen molar-refractivity contribution in [2.24, 2.45) is 0 Å². The van der Waals surface area contributed by atoms with Crippen molar-refractivity contribution in [3.05, 3.63) is 0 Å². The van der Waals surface area contributed by atoms with Gasteiger partial charge in [0.25, 0.3) is 0 Å². The van der Waals surface area contributed by atoms with Crippen LogP contribution in [0, 0.1) is 0 Å². The van der Waals surface area contributed by atoms with Crippen LogP contribution in [0.5, 0.6) is 0 Å². The molecule has 0 aromatic carbocycles. The average molecular weight is 214 g/mol. The van der Waals surface area contributed by atoms with Crippen molar-refractivity contribution in [2.75, 3.05) is 0 Å². The number of hydrogen-bond acceptors (Lipinski definition) is 9. The molecule has 0 aliphatic rings. The molecule has 0 atom stereocenters. The molecule has 0 rings (SSSR count). The lowest BCUT2D eigenvalue weighted by Crippen LogP contribution is -2.13. The molecule has 0 amide bonds. The summed E-state index contributed by atoms with van der Waals surface area (Å²) >= 11 is 0. The van der Waals surface area contributed by atoms with Crippen LogP contribution in [-0.2, 0) is 19.1 Å². The third-order valence-electron chi connectivity index (χ3n) is 0.454. The van der Waals surface area contributed by atoms with Crippen molar-refractivity contribution in [1.29, 1.82) is 0 Å². The van der Waals surface area contributed by atoms with Crippen LogP contribution >= 0.6 is 0 Å². The minimum absolute atomic E-state index is 0. The van der Waals surface area contributed by atoms with Crippen LogP contribution in [-0.4, -0.2) is 18.1 Å². The molecule has 14 heavy (non-hydrogen) atoms. The molecule has 0 unspecified atom stereocenters. The predicted octanol–water partition coefficient (Wildman–Crippen LogP) is 0.881. The predicted molar refractivity (Wildman–Crippen MR) is 49.0 cm³/mol. The molecule has 0 saturated heterocycles. The molecular formula is C5H18N4O5. The second-order valence-corrected chi connectivity index (χ2v) is 1.44. The van der Waals surface area contributed by atoms with Crippen molar-refractivity contribution in [3.8, 4) is 0 Å². The maximum atomic E-state index is 10.2. The summed E-state index contributed by atoms with van der Waals surface area (Å²) in [4.78, 5) is 30.2. The van der Waals surface area contributed by atoms with Crippen LogP contribution in [0.15, 0.2) is 0 Å². The Morgan fingerprint density at radius 2 is 0.929 bits per heavy atom. The van der Waals surface area contributed by atoms with Crippen molar-refractivity contribution in [1.82, 2.24) is 24.6 Å². The van der Waals surface area contributed by atoms with Gasteiger partial charge < -0.3 is 34.1 Å². The van der Waals surface area contributed by atoms with E-state index in [0.29, 0.717) is 0 Å². The Labute approximate surface area is 81.5 Å². The van der Waals surface area contributed by atoms with E-state index in [-0.39, 0.29) is 24.6 Å². The molecule has 0 radical (unpaired) electrons. The van der Waals surface area contributed by atoms with Gasteiger partial charge in [-0.2, -0.15) is 0 Å². The van der Waals surface area contributed by atoms with E-state index in [0.717, 1.165) is 13.8 Å². The largest absolute Gasteiger partial charge is 0.524 e. The second-order valence-electron chi connectivity index (χ2n) is 1.44. The average Bonchev–Trinajstić information content (AvgIpc) is 1.58. The highest BCUT2D eigenvalue weighted by atomic mass is 16.8. The van der Waals surface area contributed by atoms with Gasteiger partial charge >= 0.3 is 18.1 Å². The standard InChI is InChI=1S/C5H6O5.4H3N/c1-3(6)9-5(8)10-4(2)7;;;;/h1-2H3;4*1H3. The zero-order chi connectivity index (χ0) is 8.15. The molecule has 0 heterocycles. The van der Waals surface area contributed by atoms with Crippen LogP contribution in [0.2, 0.25) is 0 Å². The first kappa shape index (κ1) is 29.4. The number of rotatable bonds is 0. The summed E-state index contributed by atoms with van der Waals surface area (Å²) in [7, 11) is 0. The van der Waals surface area contributed by atoms with E-state index >= 15 is 0 Å². The fraction of sp³-hybridized carbons (Fsp3) is 0.400. The second kappa shape index (κ2) is 14.0. The van der Waals surface area contributed by atoms with E-state index in [9.17, 15) is 14.4 Å². The number of esters is 2. The number of carbonyl (C=O) groups excluding carboxylic acids is 3. The quantitative estimate of drug-likeness (QED) is 0.332. The Balaban J connectivity index is -0.0000000675. The van der Waals surface area contributed by atoms with E-state index in [1.54, 1.807) is 0 Å². The molecule has 0 saturated carbocycles.